The first-order valence-corrected chi connectivity index (χ1v) is 8.80. The number of halogens is 3. The number of primary amides is 1. The maximum absolute atomic E-state index is 12.0. The highest BCUT2D eigenvalue weighted by Crippen LogP contribution is 2.14. The first kappa shape index (κ1) is 22.0. The summed E-state index contributed by atoms with van der Waals surface area (Å²) in [7, 11) is -3.49. The zero-order valence-electron chi connectivity index (χ0n) is 13.6. The van der Waals surface area contributed by atoms with Gasteiger partial charge in [0.25, 0.3) is 0 Å². The van der Waals surface area contributed by atoms with Crippen LogP contribution < -0.4 is 10.5 Å². The van der Waals surface area contributed by atoms with Gasteiger partial charge < -0.3 is 10.8 Å². The Kier molecular flexibility index (Phi) is 7.35. The number of nitrogens with two attached hydrogens (primary N) is 1. The molecule has 146 valence electrons. The fraction of sp³-hybridized carbons (Fsp3) is 0.125. The molecular formula is C16H15F3N2O5S. The number of nitrogens with one attached hydrogen (secondary N) is 1. The van der Waals surface area contributed by atoms with Crippen LogP contribution in [0.5, 0.6) is 0 Å². The van der Waals surface area contributed by atoms with Crippen LogP contribution >= 0.6 is 0 Å². The number of sulfonamides is 1. The Balaban J connectivity index is 0.000000445. The van der Waals surface area contributed by atoms with E-state index in [-0.39, 0.29) is 5.75 Å². The number of aliphatic carboxylic acids is 1. The molecule has 0 aromatic heterocycles. The number of carboxylic acids is 1. The number of alkyl halides is 3. The Bertz CT molecular complexity index is 883. The number of rotatable bonds is 5. The largest absolute Gasteiger partial charge is 0.490 e. The molecule has 0 fully saturated rings. The van der Waals surface area contributed by atoms with Gasteiger partial charge in [-0.05, 0) is 29.8 Å². The molecule has 0 unspecified atom stereocenters. The van der Waals surface area contributed by atoms with Crippen LogP contribution in [0.25, 0.3) is 0 Å². The third-order valence-corrected chi connectivity index (χ3v) is 4.14. The highest BCUT2D eigenvalue weighted by atomic mass is 32.2. The molecule has 27 heavy (non-hydrogen) atoms. The zero-order valence-corrected chi connectivity index (χ0v) is 14.4. The maximum atomic E-state index is 12.0. The summed E-state index contributed by atoms with van der Waals surface area (Å²) in [5.41, 5.74) is 6.54. The van der Waals surface area contributed by atoms with E-state index in [9.17, 15) is 26.4 Å². The number of benzene rings is 2. The lowest BCUT2D eigenvalue weighted by molar-refractivity contribution is -0.192. The fourth-order valence-electron chi connectivity index (χ4n) is 1.71. The van der Waals surface area contributed by atoms with Gasteiger partial charge >= 0.3 is 12.1 Å². The summed E-state index contributed by atoms with van der Waals surface area (Å²) >= 11 is 0. The molecule has 2 aromatic rings. The van der Waals surface area contributed by atoms with Crippen molar-refractivity contribution in [3.05, 3.63) is 65.7 Å². The maximum Gasteiger partial charge on any atom is 0.490 e. The van der Waals surface area contributed by atoms with Crippen LogP contribution in [0.4, 0.5) is 18.9 Å². The van der Waals surface area contributed by atoms with Gasteiger partial charge in [0, 0.05) is 11.3 Å². The summed E-state index contributed by atoms with van der Waals surface area (Å²) in [5.74, 6) is -3.41. The quantitative estimate of drug-likeness (QED) is 0.705. The SMILES string of the molecule is NC(=O)c1ccc(NS(=O)(=O)Cc2ccccc2)cc1.O=C(O)C(F)(F)F. The highest BCUT2D eigenvalue weighted by molar-refractivity contribution is 7.91. The average molecular weight is 404 g/mol. The van der Waals surface area contributed by atoms with E-state index in [0.29, 0.717) is 16.8 Å². The fourth-order valence-corrected chi connectivity index (χ4v) is 2.91. The first-order valence-electron chi connectivity index (χ1n) is 7.15. The van der Waals surface area contributed by atoms with Gasteiger partial charge in [-0.3, -0.25) is 9.52 Å². The van der Waals surface area contributed by atoms with Crippen molar-refractivity contribution < 1.29 is 36.3 Å². The zero-order chi connectivity index (χ0) is 20.7. The van der Waals surface area contributed by atoms with Crippen LogP contribution in [-0.2, 0) is 20.6 Å². The van der Waals surface area contributed by atoms with Crippen molar-refractivity contribution in [1.29, 1.82) is 0 Å². The van der Waals surface area contributed by atoms with Crippen molar-refractivity contribution in [2.24, 2.45) is 5.73 Å². The summed E-state index contributed by atoms with van der Waals surface area (Å²) in [6, 6.07) is 14.8. The molecule has 0 atom stereocenters. The van der Waals surface area contributed by atoms with E-state index in [1.165, 1.54) is 24.3 Å². The molecule has 0 saturated carbocycles. The van der Waals surface area contributed by atoms with Gasteiger partial charge in [-0.1, -0.05) is 30.3 Å². The predicted molar refractivity (Wildman–Crippen MR) is 91.3 cm³/mol. The van der Waals surface area contributed by atoms with E-state index in [4.69, 9.17) is 15.6 Å². The second-order valence-electron chi connectivity index (χ2n) is 5.09. The molecule has 1 amide bonds. The summed E-state index contributed by atoms with van der Waals surface area (Å²) in [6.45, 7) is 0. The van der Waals surface area contributed by atoms with Crippen molar-refractivity contribution in [2.45, 2.75) is 11.9 Å². The van der Waals surface area contributed by atoms with E-state index in [0.717, 1.165) is 0 Å². The molecule has 4 N–H and O–H groups in total. The molecule has 0 aliphatic carbocycles. The van der Waals surface area contributed by atoms with Crippen LogP contribution in [0.15, 0.2) is 54.6 Å². The summed E-state index contributed by atoms with van der Waals surface area (Å²) in [6.07, 6.45) is -5.08. The molecule has 2 rings (SSSR count). The number of anilines is 1. The van der Waals surface area contributed by atoms with Gasteiger partial charge in [0.05, 0.1) is 5.75 Å². The monoisotopic (exact) mass is 404 g/mol. The molecule has 0 heterocycles. The van der Waals surface area contributed by atoms with Crippen molar-refractivity contribution in [3.8, 4) is 0 Å². The van der Waals surface area contributed by atoms with Crippen LogP contribution in [0.1, 0.15) is 15.9 Å². The number of amides is 1. The summed E-state index contributed by atoms with van der Waals surface area (Å²) in [5, 5.41) is 7.12. The van der Waals surface area contributed by atoms with E-state index in [1.54, 1.807) is 24.3 Å². The van der Waals surface area contributed by atoms with E-state index < -0.39 is 28.1 Å². The average Bonchev–Trinajstić information content (AvgIpc) is 2.55. The van der Waals surface area contributed by atoms with Crippen molar-refractivity contribution in [3.63, 3.8) is 0 Å². The van der Waals surface area contributed by atoms with Gasteiger partial charge in [0.1, 0.15) is 0 Å². The van der Waals surface area contributed by atoms with Gasteiger partial charge in [-0.15, -0.1) is 0 Å². The number of carbonyl (C=O) groups excluding carboxylic acids is 1. The topological polar surface area (TPSA) is 127 Å². The Morgan fingerprint density at radius 3 is 1.89 bits per heavy atom. The summed E-state index contributed by atoms with van der Waals surface area (Å²) < 4.78 is 58.2. The Hall–Kier alpha value is -3.08. The molecular weight excluding hydrogens is 389 g/mol. The molecule has 11 heteroatoms. The third-order valence-electron chi connectivity index (χ3n) is 2.88. The Labute approximate surface area is 152 Å². The lowest BCUT2D eigenvalue weighted by atomic mass is 10.2. The second kappa shape index (κ2) is 9.03. The number of carboxylic acid groups (broad SMARTS) is 1. The van der Waals surface area contributed by atoms with Crippen molar-refractivity contribution in [1.82, 2.24) is 0 Å². The standard InChI is InChI=1S/C14H14N2O3S.C2HF3O2/c15-14(17)12-6-8-13(9-7-12)16-20(18,19)10-11-4-2-1-3-5-11;3-2(4,5)1(6)7/h1-9,16H,10H2,(H2,15,17);(H,6,7). The molecule has 7 nitrogen and oxygen atoms in total. The predicted octanol–water partition coefficient (Wildman–Crippen LogP) is 2.36. The van der Waals surface area contributed by atoms with Crippen LogP contribution in [0.3, 0.4) is 0 Å². The molecule has 0 aliphatic rings. The summed E-state index contributed by atoms with van der Waals surface area (Å²) in [4.78, 5) is 19.8. The lowest BCUT2D eigenvalue weighted by Crippen LogP contribution is -2.21. The molecule has 0 spiro atoms. The minimum Gasteiger partial charge on any atom is -0.475 e. The van der Waals surface area contributed by atoms with Crippen LogP contribution in [-0.4, -0.2) is 31.6 Å². The molecule has 0 aliphatic heterocycles. The van der Waals surface area contributed by atoms with Gasteiger partial charge in [0.15, 0.2) is 0 Å². The van der Waals surface area contributed by atoms with E-state index >= 15 is 0 Å². The number of hydrogen-bond acceptors (Lipinski definition) is 4. The smallest absolute Gasteiger partial charge is 0.475 e. The van der Waals surface area contributed by atoms with Gasteiger partial charge in [-0.2, -0.15) is 13.2 Å². The first-order chi connectivity index (χ1) is 12.4. The molecule has 2 aromatic carbocycles. The Morgan fingerprint density at radius 2 is 1.48 bits per heavy atom. The van der Waals surface area contributed by atoms with E-state index in [1.807, 2.05) is 6.07 Å². The van der Waals surface area contributed by atoms with Gasteiger partial charge in [-0.25, -0.2) is 13.2 Å². The van der Waals surface area contributed by atoms with Gasteiger partial charge in [0.2, 0.25) is 15.9 Å². The third kappa shape index (κ3) is 8.23. The highest BCUT2D eigenvalue weighted by Gasteiger charge is 2.38. The molecule has 0 bridgehead atoms. The van der Waals surface area contributed by atoms with Crippen LogP contribution in [0, 0.1) is 0 Å². The second-order valence-corrected chi connectivity index (χ2v) is 6.81. The van der Waals surface area contributed by atoms with Crippen molar-refractivity contribution in [2.75, 3.05) is 4.72 Å². The minimum absolute atomic E-state index is 0.106. The molecule has 0 saturated heterocycles. The Morgan fingerprint density at radius 1 is 1.00 bits per heavy atom. The normalized spacial score (nSPS) is 11.1. The lowest BCUT2D eigenvalue weighted by Gasteiger charge is -2.08. The van der Waals surface area contributed by atoms with Crippen molar-refractivity contribution >= 4 is 27.6 Å². The number of hydrogen-bond donors (Lipinski definition) is 3. The minimum atomic E-state index is -5.08. The molecule has 0 radical (unpaired) electrons. The van der Waals surface area contributed by atoms with E-state index in [2.05, 4.69) is 4.72 Å². The van der Waals surface area contributed by atoms with Crippen LogP contribution in [0.2, 0.25) is 0 Å². The number of carbonyl (C=O) groups is 2.